The van der Waals surface area contributed by atoms with Gasteiger partial charge in [0.1, 0.15) is 11.9 Å². The van der Waals surface area contributed by atoms with Crippen LogP contribution in [0.4, 0.5) is 17.1 Å². The van der Waals surface area contributed by atoms with Crippen LogP contribution < -0.4 is 19.7 Å². The molecule has 2 aliphatic rings. The number of nitro groups is 1. The van der Waals surface area contributed by atoms with Gasteiger partial charge in [0, 0.05) is 38.0 Å². The van der Waals surface area contributed by atoms with E-state index in [9.17, 15) is 14.9 Å². The number of hydrogen-bond acceptors (Lipinski definition) is 7. The van der Waals surface area contributed by atoms with E-state index in [0.29, 0.717) is 34.0 Å². The number of fused-ring (bicyclic) bond motifs is 2. The van der Waals surface area contributed by atoms with Crippen molar-refractivity contribution in [2.24, 2.45) is 0 Å². The van der Waals surface area contributed by atoms with E-state index in [4.69, 9.17) is 9.47 Å². The fourth-order valence-corrected chi connectivity index (χ4v) is 4.19. The van der Waals surface area contributed by atoms with Crippen LogP contribution in [0.3, 0.4) is 0 Å². The molecule has 1 amide bonds. The van der Waals surface area contributed by atoms with Gasteiger partial charge in [-0.15, -0.1) is 0 Å². The number of amides is 1. The van der Waals surface area contributed by atoms with E-state index >= 15 is 0 Å². The van der Waals surface area contributed by atoms with Gasteiger partial charge in [-0.1, -0.05) is 24.3 Å². The molecule has 0 fully saturated rings. The summed E-state index contributed by atoms with van der Waals surface area (Å²) in [4.78, 5) is 28.2. The van der Waals surface area contributed by atoms with Crippen LogP contribution in [0.2, 0.25) is 0 Å². The van der Waals surface area contributed by atoms with E-state index in [1.54, 1.807) is 36.0 Å². The summed E-state index contributed by atoms with van der Waals surface area (Å²) in [5.74, 6) is 1.14. The number of hydrogen-bond donors (Lipinski definition) is 1. The zero-order valence-corrected chi connectivity index (χ0v) is 18.1. The Labute approximate surface area is 190 Å². The third-order valence-corrected chi connectivity index (χ3v) is 5.81. The Morgan fingerprint density at radius 3 is 2.67 bits per heavy atom. The number of ether oxygens (including phenoxy) is 2. The van der Waals surface area contributed by atoms with Gasteiger partial charge in [-0.2, -0.15) is 0 Å². The summed E-state index contributed by atoms with van der Waals surface area (Å²) in [5.41, 5.74) is 3.19. The molecule has 0 spiro atoms. The van der Waals surface area contributed by atoms with Crippen LogP contribution in [0.5, 0.6) is 11.5 Å². The molecule has 2 heterocycles. The maximum atomic E-state index is 13.5. The molecule has 3 aromatic carbocycles. The second-order valence-electron chi connectivity index (χ2n) is 8.11. The Bertz CT molecular complexity index is 1260. The number of nitrogens with one attached hydrogen (secondary N) is 1. The lowest BCUT2D eigenvalue weighted by Crippen LogP contribution is -2.42. The summed E-state index contributed by atoms with van der Waals surface area (Å²) >= 11 is 0. The van der Waals surface area contributed by atoms with Crippen molar-refractivity contribution < 1.29 is 19.2 Å². The first-order chi connectivity index (χ1) is 15.9. The van der Waals surface area contributed by atoms with E-state index in [1.165, 1.54) is 6.07 Å². The van der Waals surface area contributed by atoms with E-state index in [0.717, 1.165) is 5.56 Å². The third kappa shape index (κ3) is 3.67. The summed E-state index contributed by atoms with van der Waals surface area (Å²) in [6.45, 7) is 0.450. The molecular formula is C24H22N4O5. The molecule has 0 radical (unpaired) electrons. The number of rotatable bonds is 5. The average molecular weight is 446 g/mol. The largest absolute Gasteiger partial charge is 0.454 e. The van der Waals surface area contributed by atoms with Crippen LogP contribution in [0, 0.1) is 10.1 Å². The number of nitrogens with zero attached hydrogens (tertiary/aromatic N) is 3. The molecule has 33 heavy (non-hydrogen) atoms. The van der Waals surface area contributed by atoms with E-state index in [-0.39, 0.29) is 24.9 Å². The smallest absolute Gasteiger partial charge is 0.292 e. The molecule has 0 aromatic heterocycles. The van der Waals surface area contributed by atoms with Crippen LogP contribution in [0.1, 0.15) is 27.7 Å². The normalized spacial score (nSPS) is 16.2. The number of benzene rings is 3. The molecule has 1 atom stereocenters. The molecule has 1 unspecified atom stereocenters. The highest BCUT2D eigenvalue weighted by molar-refractivity contribution is 6.01. The number of para-hydroxylation sites is 1. The fraction of sp³-hybridized carbons (Fsp3) is 0.208. The Morgan fingerprint density at radius 2 is 1.88 bits per heavy atom. The Morgan fingerprint density at radius 1 is 1.09 bits per heavy atom. The molecule has 2 aliphatic heterocycles. The molecular weight excluding hydrogens is 424 g/mol. The lowest BCUT2D eigenvalue weighted by Gasteiger charge is -2.38. The van der Waals surface area contributed by atoms with Crippen LogP contribution in [-0.2, 0) is 6.54 Å². The highest BCUT2D eigenvalue weighted by atomic mass is 16.7. The van der Waals surface area contributed by atoms with Gasteiger partial charge in [0.2, 0.25) is 6.79 Å². The van der Waals surface area contributed by atoms with Crippen molar-refractivity contribution in [3.8, 4) is 11.5 Å². The topological polar surface area (TPSA) is 97.2 Å². The second-order valence-corrected chi connectivity index (χ2v) is 8.11. The molecule has 3 aromatic rings. The highest BCUT2D eigenvalue weighted by Gasteiger charge is 2.34. The Kier molecular flexibility index (Phi) is 5.01. The van der Waals surface area contributed by atoms with Crippen molar-refractivity contribution in [2.45, 2.75) is 12.7 Å². The maximum absolute atomic E-state index is 13.5. The number of nitro benzene ring substituents is 1. The van der Waals surface area contributed by atoms with Crippen molar-refractivity contribution in [1.29, 1.82) is 0 Å². The summed E-state index contributed by atoms with van der Waals surface area (Å²) in [6.07, 6.45) is -0.590. The first-order valence-electron chi connectivity index (χ1n) is 10.4. The number of anilines is 2. The van der Waals surface area contributed by atoms with E-state index in [1.807, 2.05) is 42.5 Å². The van der Waals surface area contributed by atoms with Gasteiger partial charge in [-0.05, 0) is 35.9 Å². The molecule has 9 nitrogen and oxygen atoms in total. The average Bonchev–Trinajstić information content (AvgIpc) is 3.28. The first-order valence-corrected chi connectivity index (χ1v) is 10.4. The summed E-state index contributed by atoms with van der Waals surface area (Å²) in [6, 6.07) is 17.9. The summed E-state index contributed by atoms with van der Waals surface area (Å²) in [7, 11) is 3.51. The van der Waals surface area contributed by atoms with Gasteiger partial charge in [-0.25, -0.2) is 0 Å². The van der Waals surface area contributed by atoms with Crippen LogP contribution >= 0.6 is 0 Å². The summed E-state index contributed by atoms with van der Waals surface area (Å²) in [5, 5.41) is 15.2. The highest BCUT2D eigenvalue weighted by Crippen LogP contribution is 2.39. The molecule has 0 aliphatic carbocycles. The van der Waals surface area contributed by atoms with E-state index < -0.39 is 11.1 Å². The lowest BCUT2D eigenvalue weighted by molar-refractivity contribution is -0.384. The molecule has 0 saturated carbocycles. The lowest BCUT2D eigenvalue weighted by atomic mass is 10.0. The van der Waals surface area contributed by atoms with Crippen LogP contribution in [0.25, 0.3) is 0 Å². The quantitative estimate of drug-likeness (QED) is 0.464. The van der Waals surface area contributed by atoms with Crippen molar-refractivity contribution in [3.63, 3.8) is 0 Å². The van der Waals surface area contributed by atoms with Crippen LogP contribution in [-0.4, -0.2) is 36.6 Å². The molecule has 0 bridgehead atoms. The molecule has 168 valence electrons. The first kappa shape index (κ1) is 20.6. The predicted octanol–water partition coefficient (Wildman–Crippen LogP) is 4.16. The van der Waals surface area contributed by atoms with Gasteiger partial charge in [0.05, 0.1) is 10.5 Å². The minimum absolute atomic E-state index is 0.0198. The van der Waals surface area contributed by atoms with Crippen molar-refractivity contribution in [1.82, 2.24) is 4.90 Å². The van der Waals surface area contributed by atoms with E-state index in [2.05, 4.69) is 5.32 Å². The molecule has 0 saturated heterocycles. The fourth-order valence-electron chi connectivity index (χ4n) is 4.19. The zero-order valence-electron chi connectivity index (χ0n) is 18.1. The zero-order chi connectivity index (χ0) is 23.1. The maximum Gasteiger partial charge on any atom is 0.292 e. The van der Waals surface area contributed by atoms with Crippen molar-refractivity contribution in [3.05, 3.63) is 87.5 Å². The van der Waals surface area contributed by atoms with Gasteiger partial charge in [0.25, 0.3) is 11.6 Å². The number of carbonyl (C=O) groups is 1. The minimum atomic E-state index is -0.590. The van der Waals surface area contributed by atoms with Gasteiger partial charge >= 0.3 is 0 Å². The predicted molar refractivity (Wildman–Crippen MR) is 123 cm³/mol. The standard InChI is InChI=1S/C24H22N4O5/c1-26(2)19-9-8-16(12-20(19)28(30)31)23-25-18-6-4-3-5-17(18)24(29)27(23)13-15-7-10-21-22(11-15)33-14-32-21/h3-12,23,25H,13-14H2,1-2H3. The minimum Gasteiger partial charge on any atom is -0.454 e. The third-order valence-electron chi connectivity index (χ3n) is 5.81. The second kappa shape index (κ2) is 8.01. The number of carbonyl (C=O) groups excluding carboxylic acids is 1. The SMILES string of the molecule is CN(C)c1ccc(C2Nc3ccccc3C(=O)N2Cc2ccc3c(c2)OCO3)cc1[N+](=O)[O-]. The molecule has 5 rings (SSSR count). The Balaban J connectivity index is 1.57. The monoisotopic (exact) mass is 446 g/mol. The van der Waals surface area contributed by atoms with Crippen molar-refractivity contribution in [2.75, 3.05) is 31.1 Å². The van der Waals surface area contributed by atoms with Gasteiger partial charge in [-0.3, -0.25) is 14.9 Å². The van der Waals surface area contributed by atoms with Gasteiger partial charge in [0.15, 0.2) is 11.5 Å². The molecule has 1 N–H and O–H groups in total. The van der Waals surface area contributed by atoms with Crippen molar-refractivity contribution >= 4 is 23.0 Å². The molecule has 9 heteroatoms. The van der Waals surface area contributed by atoms with Gasteiger partial charge < -0.3 is 24.6 Å². The Hall–Kier alpha value is -4.27. The summed E-state index contributed by atoms with van der Waals surface area (Å²) < 4.78 is 10.9. The van der Waals surface area contributed by atoms with Crippen LogP contribution in [0.15, 0.2) is 60.7 Å².